The smallest absolute Gasteiger partial charge is 0.475 e. The molecule has 0 aliphatic carbocycles. The number of hydrazine groups is 1. The van der Waals surface area contributed by atoms with Crippen molar-refractivity contribution in [1.29, 1.82) is 0 Å². The quantitative estimate of drug-likeness (QED) is 0.475. The van der Waals surface area contributed by atoms with Crippen LogP contribution in [0.2, 0.25) is 0 Å². The van der Waals surface area contributed by atoms with Crippen molar-refractivity contribution in [3.8, 4) is 0 Å². The summed E-state index contributed by atoms with van der Waals surface area (Å²) >= 11 is 2.02. The molecule has 1 fully saturated rings. The Morgan fingerprint density at radius 2 is 1.80 bits per heavy atom. The molecule has 1 rings (SSSR count). The van der Waals surface area contributed by atoms with Gasteiger partial charge in [-0.3, -0.25) is 11.3 Å². The molecule has 0 spiro atoms. The van der Waals surface area contributed by atoms with Crippen LogP contribution < -0.4 is 11.3 Å². The molecule has 0 aromatic rings. The van der Waals surface area contributed by atoms with Crippen LogP contribution in [0.1, 0.15) is 12.8 Å². The van der Waals surface area contributed by atoms with Crippen molar-refractivity contribution in [1.82, 2.24) is 5.43 Å². The van der Waals surface area contributed by atoms with Gasteiger partial charge in [-0.25, -0.2) is 4.79 Å². The fraction of sp³-hybridized carbons (Fsp3) is 0.857. The van der Waals surface area contributed by atoms with E-state index >= 15 is 0 Å². The first-order valence-electron chi connectivity index (χ1n) is 4.22. The van der Waals surface area contributed by atoms with Crippen LogP contribution >= 0.6 is 11.8 Å². The molecule has 0 atom stereocenters. The minimum atomic E-state index is -5.08. The van der Waals surface area contributed by atoms with Gasteiger partial charge < -0.3 is 5.11 Å². The summed E-state index contributed by atoms with van der Waals surface area (Å²) in [5, 5.41) is 7.12. The van der Waals surface area contributed by atoms with Crippen LogP contribution in [-0.2, 0) is 4.79 Å². The summed E-state index contributed by atoms with van der Waals surface area (Å²) in [6, 6.07) is 0.594. The van der Waals surface area contributed by atoms with Crippen LogP contribution in [0.15, 0.2) is 0 Å². The topological polar surface area (TPSA) is 75.3 Å². The first-order valence-corrected chi connectivity index (χ1v) is 5.37. The highest BCUT2D eigenvalue weighted by atomic mass is 32.2. The Hall–Kier alpha value is -0.470. The molecule has 15 heavy (non-hydrogen) atoms. The van der Waals surface area contributed by atoms with Crippen molar-refractivity contribution >= 4 is 17.7 Å². The summed E-state index contributed by atoms with van der Waals surface area (Å²) in [6.07, 6.45) is -2.61. The SMILES string of the molecule is NNC1CCSCC1.O=C(O)C(F)(F)F. The lowest BCUT2D eigenvalue weighted by molar-refractivity contribution is -0.192. The minimum absolute atomic E-state index is 0.594. The molecule has 0 radical (unpaired) electrons. The number of aliphatic carboxylic acids is 1. The maximum Gasteiger partial charge on any atom is 0.490 e. The standard InChI is InChI=1S/C5H12N2S.C2HF3O2/c6-7-5-1-3-8-4-2-5;3-2(4,5)1(6)7/h5,7H,1-4,6H2;(H,6,7). The summed E-state index contributed by atoms with van der Waals surface area (Å²) in [7, 11) is 0. The van der Waals surface area contributed by atoms with Crippen LogP contribution in [0.25, 0.3) is 0 Å². The third-order valence-corrected chi connectivity index (χ3v) is 2.75. The molecule has 4 N–H and O–H groups in total. The second-order valence-corrected chi connectivity index (χ2v) is 4.08. The number of carboxylic acids is 1. The normalized spacial score (nSPS) is 17.9. The first kappa shape index (κ1) is 14.5. The van der Waals surface area contributed by atoms with E-state index in [-0.39, 0.29) is 0 Å². The number of thioether (sulfide) groups is 1. The van der Waals surface area contributed by atoms with Crippen LogP contribution in [0.5, 0.6) is 0 Å². The van der Waals surface area contributed by atoms with Gasteiger partial charge in [0.1, 0.15) is 0 Å². The predicted octanol–water partition coefficient (Wildman–Crippen LogP) is 0.979. The number of hydrogen-bond acceptors (Lipinski definition) is 4. The number of halogens is 3. The Labute approximate surface area is 89.4 Å². The van der Waals surface area contributed by atoms with Gasteiger partial charge >= 0.3 is 12.1 Å². The van der Waals surface area contributed by atoms with E-state index in [4.69, 9.17) is 15.7 Å². The number of alkyl halides is 3. The first-order chi connectivity index (χ1) is 6.88. The average Bonchev–Trinajstić information content (AvgIpc) is 2.18. The molecule has 4 nitrogen and oxygen atoms in total. The van der Waals surface area contributed by atoms with E-state index in [1.165, 1.54) is 24.3 Å². The third-order valence-electron chi connectivity index (χ3n) is 1.70. The monoisotopic (exact) mass is 246 g/mol. The second-order valence-electron chi connectivity index (χ2n) is 2.86. The highest BCUT2D eigenvalue weighted by Gasteiger charge is 2.38. The van der Waals surface area contributed by atoms with Gasteiger partial charge in [0.2, 0.25) is 0 Å². The van der Waals surface area contributed by atoms with Gasteiger partial charge in [-0.15, -0.1) is 0 Å². The van der Waals surface area contributed by atoms with Crippen molar-refractivity contribution in [3.63, 3.8) is 0 Å². The Kier molecular flexibility index (Phi) is 6.70. The highest BCUT2D eigenvalue weighted by molar-refractivity contribution is 7.99. The molecule has 0 saturated carbocycles. The zero-order valence-corrected chi connectivity index (χ0v) is 8.70. The number of nitrogens with two attached hydrogens (primary N) is 1. The van der Waals surface area contributed by atoms with Gasteiger partial charge in [-0.2, -0.15) is 24.9 Å². The number of nitrogens with one attached hydrogen (secondary N) is 1. The van der Waals surface area contributed by atoms with Crippen LogP contribution in [-0.4, -0.2) is 34.8 Å². The molecule has 90 valence electrons. The fourth-order valence-corrected chi connectivity index (χ4v) is 1.97. The number of rotatable bonds is 1. The van der Waals surface area contributed by atoms with Crippen molar-refractivity contribution < 1.29 is 23.1 Å². The third kappa shape index (κ3) is 7.46. The van der Waals surface area contributed by atoms with Crippen LogP contribution in [0.3, 0.4) is 0 Å². The van der Waals surface area contributed by atoms with Crippen molar-refractivity contribution in [2.24, 2.45) is 5.84 Å². The van der Waals surface area contributed by atoms with Gasteiger partial charge in [-0.1, -0.05) is 0 Å². The van der Waals surface area contributed by atoms with Crippen molar-refractivity contribution in [3.05, 3.63) is 0 Å². The maximum absolute atomic E-state index is 10.6. The van der Waals surface area contributed by atoms with E-state index in [1.54, 1.807) is 0 Å². The zero-order valence-electron chi connectivity index (χ0n) is 7.88. The highest BCUT2D eigenvalue weighted by Crippen LogP contribution is 2.15. The maximum atomic E-state index is 10.6. The Morgan fingerprint density at radius 1 is 1.40 bits per heavy atom. The lowest BCUT2D eigenvalue weighted by atomic mass is 10.2. The molecule has 0 amide bonds. The van der Waals surface area contributed by atoms with E-state index in [0.29, 0.717) is 6.04 Å². The van der Waals surface area contributed by atoms with Gasteiger partial charge in [0.15, 0.2) is 0 Å². The van der Waals surface area contributed by atoms with Crippen LogP contribution in [0, 0.1) is 0 Å². The van der Waals surface area contributed by atoms with Gasteiger partial charge in [0.25, 0.3) is 0 Å². The molecule has 0 unspecified atom stereocenters. The fourth-order valence-electron chi connectivity index (χ4n) is 0.864. The lowest BCUT2D eigenvalue weighted by Gasteiger charge is -2.19. The molecule has 0 aromatic carbocycles. The Bertz CT molecular complexity index is 195. The Morgan fingerprint density at radius 3 is 2.00 bits per heavy atom. The molecule has 1 aliphatic heterocycles. The average molecular weight is 246 g/mol. The summed E-state index contributed by atoms with van der Waals surface area (Å²) in [5.41, 5.74) is 2.79. The minimum Gasteiger partial charge on any atom is -0.475 e. The summed E-state index contributed by atoms with van der Waals surface area (Å²) < 4.78 is 31.7. The molecule has 1 aliphatic rings. The molecule has 0 aromatic heterocycles. The molecular weight excluding hydrogens is 233 g/mol. The number of hydrogen-bond donors (Lipinski definition) is 3. The largest absolute Gasteiger partial charge is 0.490 e. The molecule has 1 saturated heterocycles. The second kappa shape index (κ2) is 6.91. The van der Waals surface area contributed by atoms with E-state index in [9.17, 15) is 13.2 Å². The Balaban J connectivity index is 0.000000265. The zero-order chi connectivity index (χ0) is 11.9. The molecule has 8 heteroatoms. The lowest BCUT2D eigenvalue weighted by Crippen LogP contribution is -2.37. The predicted molar refractivity (Wildman–Crippen MR) is 51.4 cm³/mol. The van der Waals surface area contributed by atoms with Crippen molar-refractivity contribution in [2.45, 2.75) is 25.1 Å². The summed E-state index contributed by atoms with van der Waals surface area (Å²) in [4.78, 5) is 8.90. The van der Waals surface area contributed by atoms with E-state index in [2.05, 4.69) is 5.43 Å². The van der Waals surface area contributed by atoms with Gasteiger partial charge in [0, 0.05) is 6.04 Å². The van der Waals surface area contributed by atoms with Crippen molar-refractivity contribution in [2.75, 3.05) is 11.5 Å². The van der Waals surface area contributed by atoms with E-state index < -0.39 is 12.1 Å². The van der Waals surface area contributed by atoms with Gasteiger partial charge in [-0.05, 0) is 24.3 Å². The molecule has 0 bridgehead atoms. The summed E-state index contributed by atoms with van der Waals surface area (Å²) in [5.74, 6) is 5.03. The van der Waals surface area contributed by atoms with Gasteiger partial charge in [0.05, 0.1) is 0 Å². The molecular formula is C7H13F3N2O2S. The van der Waals surface area contributed by atoms with Crippen LogP contribution in [0.4, 0.5) is 13.2 Å². The van der Waals surface area contributed by atoms with E-state index in [0.717, 1.165) is 0 Å². The summed E-state index contributed by atoms with van der Waals surface area (Å²) in [6.45, 7) is 0. The molecule has 1 heterocycles. The van der Waals surface area contributed by atoms with E-state index in [1.807, 2.05) is 11.8 Å². The number of carbonyl (C=O) groups is 1. The number of carboxylic acid groups (broad SMARTS) is 1.